The molecule has 0 aliphatic rings. The molecule has 0 fully saturated rings. The molecule has 3 N–H and O–H groups in total. The van der Waals surface area contributed by atoms with E-state index in [0.717, 1.165) is 44.5 Å². The van der Waals surface area contributed by atoms with E-state index in [0.29, 0.717) is 0 Å². The van der Waals surface area contributed by atoms with Gasteiger partial charge >= 0.3 is 0 Å². The van der Waals surface area contributed by atoms with Crippen molar-refractivity contribution >= 4 is 0 Å². The number of ether oxygens (including phenoxy) is 1. The van der Waals surface area contributed by atoms with Crippen LogP contribution in [0.4, 0.5) is 0 Å². The maximum absolute atomic E-state index is 9.02. The van der Waals surface area contributed by atoms with Crippen molar-refractivity contribution in [3.8, 4) is 0 Å². The van der Waals surface area contributed by atoms with Crippen molar-refractivity contribution in [1.82, 2.24) is 10.6 Å². The molecule has 0 aliphatic heterocycles. The highest BCUT2D eigenvalue weighted by Gasteiger charge is 1.96. The fraction of sp³-hybridized carbons (Fsp3) is 0.667. The fourth-order valence-corrected chi connectivity index (χ4v) is 1.26. The number of nitrogens with one attached hydrogen (secondary N) is 2. The number of hydrogen-bond acceptors (Lipinski definition) is 4. The molecule has 0 heterocycles. The van der Waals surface area contributed by atoms with E-state index in [-0.39, 0.29) is 6.61 Å². The molecule has 16 heavy (non-hydrogen) atoms. The zero-order chi connectivity index (χ0) is 12.1. The Morgan fingerprint density at radius 2 is 2.12 bits per heavy atom. The second-order valence-electron chi connectivity index (χ2n) is 3.55. The Morgan fingerprint density at radius 1 is 1.31 bits per heavy atom. The number of hydrogen-bond donors (Lipinski definition) is 3. The van der Waals surface area contributed by atoms with Crippen LogP contribution in [0.2, 0.25) is 0 Å². The Bertz CT molecular complexity index is 193. The van der Waals surface area contributed by atoms with Gasteiger partial charge in [0.1, 0.15) is 0 Å². The van der Waals surface area contributed by atoms with Gasteiger partial charge in [-0.05, 0) is 38.4 Å². The van der Waals surface area contributed by atoms with Crippen molar-refractivity contribution in [3.05, 3.63) is 24.7 Å². The minimum atomic E-state index is 0.0566. The molecule has 4 heteroatoms. The molecule has 0 rings (SSSR count). The number of unbranched alkanes of at least 4 members (excludes halogenated alkanes) is 1. The molecule has 0 amide bonds. The van der Waals surface area contributed by atoms with Gasteiger partial charge in [0, 0.05) is 13.1 Å². The van der Waals surface area contributed by atoms with Crippen LogP contribution in [0.25, 0.3) is 0 Å². The molecular formula is C12H24N2O2. The van der Waals surface area contributed by atoms with E-state index < -0.39 is 0 Å². The van der Waals surface area contributed by atoms with E-state index in [1.165, 1.54) is 6.26 Å². The highest BCUT2D eigenvalue weighted by Crippen LogP contribution is 2.06. The first kappa shape index (κ1) is 15.2. The third kappa shape index (κ3) is 9.71. The van der Waals surface area contributed by atoms with Crippen LogP contribution < -0.4 is 10.6 Å². The van der Waals surface area contributed by atoms with Crippen molar-refractivity contribution in [3.63, 3.8) is 0 Å². The zero-order valence-corrected chi connectivity index (χ0v) is 10.2. The van der Waals surface area contributed by atoms with Gasteiger partial charge in [-0.1, -0.05) is 6.58 Å². The summed E-state index contributed by atoms with van der Waals surface area (Å²) in [5, 5.41) is 15.4. The Labute approximate surface area is 98.4 Å². The first-order chi connectivity index (χ1) is 7.85. The van der Waals surface area contributed by atoms with Gasteiger partial charge in [0.2, 0.25) is 0 Å². The van der Waals surface area contributed by atoms with Gasteiger partial charge in [0.05, 0.1) is 19.1 Å². The van der Waals surface area contributed by atoms with Crippen LogP contribution in [0.1, 0.15) is 19.3 Å². The molecule has 0 aromatic heterocycles. The van der Waals surface area contributed by atoms with E-state index in [1.807, 2.05) is 7.05 Å². The molecule has 0 saturated carbocycles. The quantitative estimate of drug-likeness (QED) is 0.365. The molecule has 94 valence electrons. The predicted octanol–water partition coefficient (Wildman–Crippen LogP) is 1.00. The smallest absolute Gasteiger partial charge is 0.0915 e. The van der Waals surface area contributed by atoms with Gasteiger partial charge in [-0.3, -0.25) is 0 Å². The largest absolute Gasteiger partial charge is 0.473 e. The van der Waals surface area contributed by atoms with Crippen LogP contribution >= 0.6 is 0 Å². The highest BCUT2D eigenvalue weighted by molar-refractivity contribution is 4.98. The third-order valence-corrected chi connectivity index (χ3v) is 2.19. The summed E-state index contributed by atoms with van der Waals surface area (Å²) >= 11 is 0. The van der Waals surface area contributed by atoms with Crippen LogP contribution in [0, 0.1) is 0 Å². The lowest BCUT2D eigenvalue weighted by Gasteiger charge is -2.05. The van der Waals surface area contributed by atoms with Crippen molar-refractivity contribution in [2.24, 2.45) is 0 Å². The maximum atomic E-state index is 9.02. The van der Waals surface area contributed by atoms with Crippen molar-refractivity contribution in [1.29, 1.82) is 0 Å². The molecule has 0 aliphatic carbocycles. The average Bonchev–Trinajstić information content (AvgIpc) is 2.32. The Kier molecular flexibility index (Phi) is 11.6. The maximum Gasteiger partial charge on any atom is 0.0915 e. The Hall–Kier alpha value is -0.840. The molecule has 0 bridgehead atoms. The average molecular weight is 228 g/mol. The van der Waals surface area contributed by atoms with Gasteiger partial charge in [0.15, 0.2) is 0 Å². The molecule has 0 unspecified atom stereocenters. The van der Waals surface area contributed by atoms with Crippen LogP contribution in [0.5, 0.6) is 0 Å². The van der Waals surface area contributed by atoms with Crippen LogP contribution in [-0.4, -0.2) is 38.4 Å². The Morgan fingerprint density at radius 3 is 2.75 bits per heavy atom. The summed E-state index contributed by atoms with van der Waals surface area (Å²) in [4.78, 5) is 0. The molecule has 0 aromatic carbocycles. The lowest BCUT2D eigenvalue weighted by atomic mass is 10.1. The van der Waals surface area contributed by atoms with Crippen LogP contribution in [-0.2, 0) is 4.74 Å². The lowest BCUT2D eigenvalue weighted by molar-refractivity contribution is 0.312. The van der Waals surface area contributed by atoms with E-state index in [2.05, 4.69) is 17.2 Å². The lowest BCUT2D eigenvalue weighted by Crippen LogP contribution is -2.25. The van der Waals surface area contributed by atoms with E-state index in [4.69, 9.17) is 9.84 Å². The third-order valence-electron chi connectivity index (χ3n) is 2.19. The summed E-state index contributed by atoms with van der Waals surface area (Å²) in [5.74, 6) is 0. The van der Waals surface area contributed by atoms with Crippen molar-refractivity contribution in [2.75, 3.05) is 33.3 Å². The van der Waals surface area contributed by atoms with Gasteiger partial charge < -0.3 is 20.5 Å². The SMILES string of the molecule is C=CO/C=C(\CO)CCCCNCCNC. The molecule has 0 radical (unpaired) electrons. The fourth-order valence-electron chi connectivity index (χ4n) is 1.26. The second kappa shape index (κ2) is 12.2. The molecule has 0 aromatic rings. The normalized spacial score (nSPS) is 11.5. The zero-order valence-electron chi connectivity index (χ0n) is 10.2. The van der Waals surface area contributed by atoms with Crippen LogP contribution in [0.3, 0.4) is 0 Å². The van der Waals surface area contributed by atoms with Gasteiger partial charge in [-0.25, -0.2) is 0 Å². The van der Waals surface area contributed by atoms with Gasteiger partial charge in [-0.15, -0.1) is 0 Å². The number of aliphatic hydroxyl groups excluding tert-OH is 1. The molecule has 0 saturated heterocycles. The first-order valence-electron chi connectivity index (χ1n) is 5.75. The summed E-state index contributed by atoms with van der Waals surface area (Å²) in [6.45, 7) is 6.51. The Balaban J connectivity index is 3.37. The van der Waals surface area contributed by atoms with Gasteiger partial charge in [0.25, 0.3) is 0 Å². The van der Waals surface area contributed by atoms with Crippen molar-refractivity contribution in [2.45, 2.75) is 19.3 Å². The molecule has 0 atom stereocenters. The van der Waals surface area contributed by atoms with Gasteiger partial charge in [-0.2, -0.15) is 0 Å². The monoisotopic (exact) mass is 228 g/mol. The van der Waals surface area contributed by atoms with Crippen molar-refractivity contribution < 1.29 is 9.84 Å². The summed E-state index contributed by atoms with van der Waals surface area (Å²) in [5.41, 5.74) is 0.912. The summed E-state index contributed by atoms with van der Waals surface area (Å²) in [7, 11) is 1.94. The topological polar surface area (TPSA) is 53.5 Å². The molecule has 0 spiro atoms. The standard InChI is InChI=1S/C12H24N2O2/c1-3-16-11-12(10-15)6-4-5-7-14-9-8-13-2/h3,11,13-15H,1,4-10H2,2H3/b12-11-. The summed E-state index contributed by atoms with van der Waals surface area (Å²) in [6, 6.07) is 0. The highest BCUT2D eigenvalue weighted by atomic mass is 16.5. The summed E-state index contributed by atoms with van der Waals surface area (Å²) < 4.78 is 4.91. The van der Waals surface area contributed by atoms with E-state index in [1.54, 1.807) is 6.26 Å². The number of rotatable bonds is 11. The molecule has 4 nitrogen and oxygen atoms in total. The second-order valence-corrected chi connectivity index (χ2v) is 3.55. The predicted molar refractivity (Wildman–Crippen MR) is 67.1 cm³/mol. The molecular weight excluding hydrogens is 204 g/mol. The first-order valence-corrected chi connectivity index (χ1v) is 5.75. The minimum Gasteiger partial charge on any atom is -0.473 e. The summed E-state index contributed by atoms with van der Waals surface area (Å²) in [6.07, 6.45) is 5.96. The van der Waals surface area contributed by atoms with E-state index in [9.17, 15) is 0 Å². The van der Waals surface area contributed by atoms with E-state index >= 15 is 0 Å². The minimum absolute atomic E-state index is 0.0566. The number of likely N-dealkylation sites (N-methyl/N-ethyl adjacent to an activating group) is 1. The van der Waals surface area contributed by atoms with Crippen LogP contribution in [0.15, 0.2) is 24.7 Å². The number of aliphatic hydroxyl groups is 1.